The average molecular weight is 580 g/mol. The summed E-state index contributed by atoms with van der Waals surface area (Å²) in [5.41, 5.74) is 1.37. The van der Waals surface area contributed by atoms with Gasteiger partial charge in [-0.25, -0.2) is 18.5 Å². The highest BCUT2D eigenvalue weighted by Gasteiger charge is 2.42. The lowest BCUT2D eigenvalue weighted by atomic mass is 10.0. The van der Waals surface area contributed by atoms with Gasteiger partial charge in [-0.2, -0.15) is 0 Å². The fourth-order valence-electron chi connectivity index (χ4n) is 4.91. The summed E-state index contributed by atoms with van der Waals surface area (Å²) >= 11 is 0. The van der Waals surface area contributed by atoms with E-state index in [1.807, 2.05) is 0 Å². The first-order valence-corrected chi connectivity index (χ1v) is 13.2. The molecule has 4 amide bonds. The third-order valence-electron chi connectivity index (χ3n) is 6.80. The highest BCUT2D eigenvalue weighted by Crippen LogP contribution is 2.43. The number of halogens is 2. The van der Waals surface area contributed by atoms with Crippen molar-refractivity contribution in [3.8, 4) is 17.2 Å². The number of hydrogen-bond acceptors (Lipinski definition) is 7. The van der Waals surface area contributed by atoms with Gasteiger partial charge in [0.2, 0.25) is 11.8 Å². The van der Waals surface area contributed by atoms with Gasteiger partial charge in [0.15, 0.2) is 17.4 Å². The van der Waals surface area contributed by atoms with E-state index in [1.54, 1.807) is 38.1 Å². The summed E-state index contributed by atoms with van der Waals surface area (Å²) < 4.78 is 43.7. The molecule has 0 unspecified atom stereocenters. The minimum Gasteiger partial charge on any atom is -0.488 e. The van der Waals surface area contributed by atoms with Crippen LogP contribution in [0.5, 0.6) is 17.2 Å². The molecular formula is C30H27F2N3O7. The smallest absolute Gasteiger partial charge is 0.418 e. The van der Waals surface area contributed by atoms with Crippen molar-refractivity contribution in [1.82, 2.24) is 10.2 Å². The number of imide groups is 1. The minimum absolute atomic E-state index is 0.0804. The quantitative estimate of drug-likeness (QED) is 0.382. The van der Waals surface area contributed by atoms with Crippen LogP contribution in [-0.2, 0) is 20.9 Å². The number of hydrogen-bond donors (Lipinski definition) is 1. The summed E-state index contributed by atoms with van der Waals surface area (Å²) in [5.74, 6) is -2.94. The molecule has 2 heterocycles. The average Bonchev–Trinajstić information content (AvgIpc) is 3.28. The van der Waals surface area contributed by atoms with Gasteiger partial charge in [-0.15, -0.1) is 0 Å². The van der Waals surface area contributed by atoms with Crippen LogP contribution in [0.15, 0.2) is 54.6 Å². The number of carbonyl (C=O) groups is 4. The number of fused-ring (bicyclic) bond motifs is 1. The van der Waals surface area contributed by atoms with E-state index < -0.39 is 35.6 Å². The molecule has 1 saturated heterocycles. The number of ether oxygens (including phenoxy) is 3. The van der Waals surface area contributed by atoms with Gasteiger partial charge in [-0.1, -0.05) is 6.07 Å². The van der Waals surface area contributed by atoms with Crippen molar-refractivity contribution in [1.29, 1.82) is 0 Å². The van der Waals surface area contributed by atoms with E-state index >= 15 is 0 Å². The van der Waals surface area contributed by atoms with E-state index in [4.69, 9.17) is 14.2 Å². The number of carbonyl (C=O) groups excluding carboxylic acids is 4. The third kappa shape index (κ3) is 5.47. The summed E-state index contributed by atoms with van der Waals surface area (Å²) in [4.78, 5) is 53.7. The predicted molar refractivity (Wildman–Crippen MR) is 146 cm³/mol. The van der Waals surface area contributed by atoms with Gasteiger partial charge in [-0.05, 0) is 68.3 Å². The van der Waals surface area contributed by atoms with Crippen LogP contribution in [0.3, 0.4) is 0 Å². The molecule has 1 atom stereocenters. The Morgan fingerprint density at radius 2 is 1.71 bits per heavy atom. The number of benzene rings is 3. The largest absolute Gasteiger partial charge is 0.488 e. The second-order valence-electron chi connectivity index (χ2n) is 9.99. The van der Waals surface area contributed by atoms with E-state index in [9.17, 15) is 28.0 Å². The number of nitrogens with one attached hydrogen (secondary N) is 1. The number of methoxy groups -OCH3 is 1. The Morgan fingerprint density at radius 1 is 1.00 bits per heavy atom. The Bertz CT molecular complexity index is 1580. The van der Waals surface area contributed by atoms with Crippen LogP contribution >= 0.6 is 0 Å². The topological polar surface area (TPSA) is 114 Å². The van der Waals surface area contributed by atoms with E-state index in [2.05, 4.69) is 5.32 Å². The molecule has 12 heteroatoms. The fraction of sp³-hybridized carbons (Fsp3) is 0.267. The molecule has 0 aliphatic carbocycles. The summed E-state index contributed by atoms with van der Waals surface area (Å²) in [6.45, 7) is 3.67. The lowest BCUT2D eigenvalue weighted by molar-refractivity contribution is -0.136. The summed E-state index contributed by atoms with van der Waals surface area (Å²) in [6, 6.07) is 11.8. The molecule has 0 radical (unpaired) electrons. The van der Waals surface area contributed by atoms with E-state index in [-0.39, 0.29) is 59.9 Å². The van der Waals surface area contributed by atoms with Gasteiger partial charge >= 0.3 is 6.09 Å². The predicted octanol–water partition coefficient (Wildman–Crippen LogP) is 5.21. The first-order chi connectivity index (χ1) is 20.1. The molecule has 2 aliphatic rings. The molecule has 10 nitrogen and oxygen atoms in total. The number of amides is 4. The Hall–Kier alpha value is -5.00. The second kappa shape index (κ2) is 11.5. The molecule has 0 saturated carbocycles. The van der Waals surface area contributed by atoms with Crippen LogP contribution < -0.4 is 19.7 Å². The number of piperidine rings is 1. The van der Waals surface area contributed by atoms with Crippen molar-refractivity contribution in [3.05, 3.63) is 77.4 Å². The molecule has 42 heavy (non-hydrogen) atoms. The van der Waals surface area contributed by atoms with Crippen LogP contribution in [0.4, 0.5) is 25.0 Å². The molecule has 0 aromatic heterocycles. The molecule has 2 aliphatic heterocycles. The van der Waals surface area contributed by atoms with Crippen molar-refractivity contribution in [2.45, 2.75) is 45.4 Å². The standard InChI is InChI=1S/C30H27F2N3O7/c1-16(2)41-27-23(11-4-17-15-34(29(38)26(17)27)24-12-13-25(36)33-28(24)37)35(30(39)40-3)18-5-7-19(8-6-18)42-20-9-10-21(31)22(32)14-20/h4-11,14,16,24H,12-13,15H2,1-3H3,(H,33,36,37)/t24-/m0/s1. The third-order valence-corrected chi connectivity index (χ3v) is 6.80. The van der Waals surface area contributed by atoms with Crippen LogP contribution in [0, 0.1) is 11.6 Å². The van der Waals surface area contributed by atoms with Gasteiger partial charge in [0.1, 0.15) is 17.5 Å². The van der Waals surface area contributed by atoms with Crippen LogP contribution in [0.2, 0.25) is 0 Å². The van der Waals surface area contributed by atoms with Gasteiger partial charge < -0.3 is 19.1 Å². The summed E-state index contributed by atoms with van der Waals surface area (Å²) in [6.07, 6.45) is -0.849. The molecular weight excluding hydrogens is 552 g/mol. The molecule has 3 aromatic rings. The Labute approximate surface area is 239 Å². The maximum atomic E-state index is 13.7. The first-order valence-electron chi connectivity index (χ1n) is 13.2. The summed E-state index contributed by atoms with van der Waals surface area (Å²) in [5, 5.41) is 2.28. The normalized spacial score (nSPS) is 16.3. The number of nitrogens with zero attached hydrogens (tertiary/aromatic N) is 2. The summed E-state index contributed by atoms with van der Waals surface area (Å²) in [7, 11) is 1.21. The van der Waals surface area contributed by atoms with Crippen molar-refractivity contribution in [2.75, 3.05) is 12.0 Å². The lowest BCUT2D eigenvalue weighted by Gasteiger charge is -2.29. The zero-order chi connectivity index (χ0) is 30.1. The highest BCUT2D eigenvalue weighted by atomic mass is 19.2. The fourth-order valence-corrected chi connectivity index (χ4v) is 4.91. The molecule has 0 spiro atoms. The van der Waals surface area contributed by atoms with Gasteiger partial charge in [-0.3, -0.25) is 19.7 Å². The monoisotopic (exact) mass is 579 g/mol. The van der Waals surface area contributed by atoms with E-state index in [1.165, 1.54) is 35.1 Å². The van der Waals surface area contributed by atoms with Crippen molar-refractivity contribution in [2.24, 2.45) is 0 Å². The molecule has 1 N–H and O–H groups in total. The van der Waals surface area contributed by atoms with Crippen LogP contribution in [-0.4, -0.2) is 48.0 Å². The molecule has 5 rings (SSSR count). The SMILES string of the molecule is COC(=O)N(c1ccc(Oc2ccc(F)c(F)c2)cc1)c1ccc2c(c1OC(C)C)C(=O)N([C@H]1CCC(=O)NC1=O)C2. The highest BCUT2D eigenvalue weighted by molar-refractivity contribution is 6.09. The maximum absolute atomic E-state index is 13.7. The van der Waals surface area contributed by atoms with Crippen LogP contribution in [0.25, 0.3) is 0 Å². The Kier molecular flexibility index (Phi) is 7.79. The van der Waals surface area contributed by atoms with Crippen LogP contribution in [0.1, 0.15) is 42.6 Å². The van der Waals surface area contributed by atoms with Crippen molar-refractivity contribution in [3.63, 3.8) is 0 Å². The number of anilines is 2. The maximum Gasteiger partial charge on any atom is 0.418 e. The second-order valence-corrected chi connectivity index (χ2v) is 9.99. The zero-order valence-corrected chi connectivity index (χ0v) is 23.0. The van der Waals surface area contributed by atoms with Gasteiger partial charge in [0.05, 0.1) is 30.2 Å². The van der Waals surface area contributed by atoms with Gasteiger partial charge in [0.25, 0.3) is 5.91 Å². The molecule has 218 valence electrons. The first kappa shape index (κ1) is 28.5. The van der Waals surface area contributed by atoms with Gasteiger partial charge in [0, 0.05) is 19.0 Å². The van der Waals surface area contributed by atoms with E-state index in [0.717, 1.165) is 12.1 Å². The molecule has 0 bridgehead atoms. The lowest BCUT2D eigenvalue weighted by Crippen LogP contribution is -2.52. The van der Waals surface area contributed by atoms with Crippen molar-refractivity contribution >= 4 is 35.2 Å². The van der Waals surface area contributed by atoms with E-state index in [0.29, 0.717) is 11.3 Å². The Balaban J connectivity index is 1.51. The zero-order valence-electron chi connectivity index (χ0n) is 23.0. The Morgan fingerprint density at radius 3 is 2.36 bits per heavy atom. The minimum atomic E-state index is -1.05. The van der Waals surface area contributed by atoms with Crippen molar-refractivity contribution < 1.29 is 42.2 Å². The number of rotatable bonds is 7. The molecule has 1 fully saturated rings. The molecule has 3 aromatic carbocycles.